The number of nitrogens with one attached hydrogen (secondary N) is 1. The number of hydrogen-bond donors (Lipinski definition) is 1. The average molecular weight is 333 g/mol. The molecule has 4 aromatic rings. The molecular weight excluding hydrogens is 314 g/mol. The number of hydrogen-bond acceptors (Lipinski definition) is 4. The fourth-order valence-corrected chi connectivity index (χ4v) is 2.95. The molecule has 1 N–H and O–H groups in total. The van der Waals surface area contributed by atoms with Gasteiger partial charge in [0.15, 0.2) is 0 Å². The lowest BCUT2D eigenvalue weighted by Crippen LogP contribution is -1.95. The fourth-order valence-electron chi connectivity index (χ4n) is 2.95. The summed E-state index contributed by atoms with van der Waals surface area (Å²) in [5.74, 6) is 1.63. The van der Waals surface area contributed by atoms with Crippen LogP contribution in [-0.2, 0) is 14.1 Å². The van der Waals surface area contributed by atoms with Gasteiger partial charge in [-0.1, -0.05) is 0 Å². The highest BCUT2D eigenvalue weighted by atomic mass is 16.5. The molecule has 25 heavy (non-hydrogen) atoms. The van der Waals surface area contributed by atoms with E-state index in [1.807, 2.05) is 54.6 Å². The molecule has 0 bridgehead atoms. The highest BCUT2D eigenvalue weighted by Gasteiger charge is 2.10. The molecule has 3 aromatic heterocycles. The van der Waals surface area contributed by atoms with Gasteiger partial charge >= 0.3 is 0 Å². The second kappa shape index (κ2) is 5.98. The maximum atomic E-state index is 5.19. The van der Waals surface area contributed by atoms with E-state index in [-0.39, 0.29) is 0 Å². The summed E-state index contributed by atoms with van der Waals surface area (Å²) < 4.78 is 9.15. The van der Waals surface area contributed by atoms with Gasteiger partial charge in [-0.25, -0.2) is 4.98 Å². The number of methoxy groups -OCH3 is 1. The van der Waals surface area contributed by atoms with E-state index in [1.54, 1.807) is 7.11 Å². The minimum atomic E-state index is 0.802. The van der Waals surface area contributed by atoms with Crippen molar-refractivity contribution in [2.45, 2.75) is 0 Å². The van der Waals surface area contributed by atoms with Crippen molar-refractivity contribution in [3.8, 4) is 17.0 Å². The quantitative estimate of drug-likeness (QED) is 0.618. The van der Waals surface area contributed by atoms with Crippen LogP contribution in [0.15, 0.2) is 55.0 Å². The Bertz CT molecular complexity index is 1030. The van der Waals surface area contributed by atoms with Gasteiger partial charge in [0, 0.05) is 49.2 Å². The van der Waals surface area contributed by atoms with Crippen LogP contribution in [0.2, 0.25) is 0 Å². The smallest absolute Gasteiger partial charge is 0.132 e. The van der Waals surface area contributed by atoms with E-state index in [2.05, 4.69) is 39.1 Å². The minimum Gasteiger partial charge on any atom is -0.497 e. The molecule has 0 aliphatic heterocycles. The summed E-state index contributed by atoms with van der Waals surface area (Å²) in [6.45, 7) is 0. The third-order valence-corrected chi connectivity index (χ3v) is 4.29. The molecule has 6 heteroatoms. The Balaban J connectivity index is 1.68. The van der Waals surface area contributed by atoms with E-state index in [0.717, 1.165) is 39.4 Å². The Hall–Kier alpha value is -3.28. The van der Waals surface area contributed by atoms with Gasteiger partial charge in [0.2, 0.25) is 0 Å². The van der Waals surface area contributed by atoms with Crippen molar-refractivity contribution in [3.63, 3.8) is 0 Å². The van der Waals surface area contributed by atoms with Crippen LogP contribution in [0.1, 0.15) is 0 Å². The molecule has 4 rings (SSSR count). The molecule has 0 fully saturated rings. The molecule has 6 nitrogen and oxygen atoms in total. The first-order chi connectivity index (χ1) is 12.1. The topological polar surface area (TPSA) is 56.9 Å². The van der Waals surface area contributed by atoms with Crippen LogP contribution in [-0.4, -0.2) is 26.4 Å². The number of aryl methyl sites for hydroxylation is 2. The summed E-state index contributed by atoms with van der Waals surface area (Å²) in [6, 6.07) is 12.0. The molecule has 3 heterocycles. The number of anilines is 2. The largest absolute Gasteiger partial charge is 0.497 e. The van der Waals surface area contributed by atoms with Gasteiger partial charge in [-0.3, -0.25) is 4.68 Å². The summed E-state index contributed by atoms with van der Waals surface area (Å²) in [4.78, 5) is 4.52. The summed E-state index contributed by atoms with van der Waals surface area (Å²) in [5, 5.41) is 8.69. The highest BCUT2D eigenvalue weighted by Crippen LogP contribution is 2.28. The van der Waals surface area contributed by atoms with E-state index in [0.29, 0.717) is 0 Å². The number of aromatic nitrogens is 4. The molecule has 0 spiro atoms. The second-order valence-corrected chi connectivity index (χ2v) is 5.97. The van der Waals surface area contributed by atoms with Gasteiger partial charge in [-0.2, -0.15) is 5.10 Å². The van der Waals surface area contributed by atoms with E-state index < -0.39 is 0 Å². The van der Waals surface area contributed by atoms with E-state index in [9.17, 15) is 0 Å². The number of rotatable bonds is 4. The number of fused-ring (bicyclic) bond motifs is 1. The van der Waals surface area contributed by atoms with Crippen LogP contribution >= 0.6 is 0 Å². The van der Waals surface area contributed by atoms with Crippen LogP contribution in [0.4, 0.5) is 11.5 Å². The summed E-state index contributed by atoms with van der Waals surface area (Å²) in [7, 11) is 5.64. The zero-order chi connectivity index (χ0) is 17.4. The molecular formula is C19H19N5O. The molecule has 0 aliphatic rings. The Morgan fingerprint density at radius 3 is 2.52 bits per heavy atom. The predicted octanol–water partition coefficient (Wildman–Crippen LogP) is 3.73. The van der Waals surface area contributed by atoms with Gasteiger partial charge < -0.3 is 14.6 Å². The van der Waals surface area contributed by atoms with Gasteiger partial charge in [-0.15, -0.1) is 0 Å². The molecule has 0 saturated heterocycles. The van der Waals surface area contributed by atoms with Gasteiger partial charge in [0.05, 0.1) is 24.5 Å². The Morgan fingerprint density at radius 1 is 1.04 bits per heavy atom. The van der Waals surface area contributed by atoms with Crippen molar-refractivity contribution in [1.29, 1.82) is 0 Å². The summed E-state index contributed by atoms with van der Waals surface area (Å²) in [6.07, 6.45) is 5.78. The molecule has 0 amide bonds. The van der Waals surface area contributed by atoms with Crippen LogP contribution in [0.25, 0.3) is 22.2 Å². The number of nitrogens with zero attached hydrogens (tertiary/aromatic N) is 4. The third kappa shape index (κ3) is 2.82. The SMILES string of the molecule is COc1ccc(Nc2cc3c(cn2)cc(-c2cnn(C)c2)n3C)cc1. The van der Waals surface area contributed by atoms with Crippen LogP contribution < -0.4 is 10.1 Å². The Morgan fingerprint density at radius 2 is 1.84 bits per heavy atom. The highest BCUT2D eigenvalue weighted by molar-refractivity contribution is 5.88. The van der Waals surface area contributed by atoms with Crippen molar-refractivity contribution in [2.75, 3.05) is 12.4 Å². The average Bonchev–Trinajstić information content (AvgIpc) is 3.19. The molecule has 0 unspecified atom stereocenters. The van der Waals surface area contributed by atoms with Crippen molar-refractivity contribution < 1.29 is 4.74 Å². The first kappa shape index (κ1) is 15.3. The van der Waals surface area contributed by atoms with Gasteiger partial charge in [0.25, 0.3) is 0 Å². The van der Waals surface area contributed by atoms with Gasteiger partial charge in [-0.05, 0) is 30.3 Å². The maximum Gasteiger partial charge on any atom is 0.132 e. The first-order valence-corrected chi connectivity index (χ1v) is 7.99. The van der Waals surface area contributed by atoms with E-state index in [4.69, 9.17) is 4.74 Å². The lowest BCUT2D eigenvalue weighted by Gasteiger charge is -2.07. The normalized spacial score (nSPS) is 11.0. The number of pyridine rings is 1. The second-order valence-electron chi connectivity index (χ2n) is 5.97. The van der Waals surface area contributed by atoms with Crippen LogP contribution in [0.5, 0.6) is 5.75 Å². The van der Waals surface area contributed by atoms with Gasteiger partial charge in [0.1, 0.15) is 11.6 Å². The van der Waals surface area contributed by atoms with E-state index >= 15 is 0 Å². The van der Waals surface area contributed by atoms with Crippen LogP contribution in [0, 0.1) is 0 Å². The van der Waals surface area contributed by atoms with Crippen molar-refractivity contribution >= 4 is 22.4 Å². The Kier molecular flexibility index (Phi) is 3.65. The Labute approximate surface area is 145 Å². The standard InChI is InChI=1S/C19H19N5O/c1-23-12-14(11-21-23)17-8-13-10-20-19(9-18(13)24(17)2)22-15-4-6-16(25-3)7-5-15/h4-12H,1-3H3,(H,20,22). The molecule has 0 radical (unpaired) electrons. The third-order valence-electron chi connectivity index (χ3n) is 4.29. The number of benzene rings is 1. The van der Waals surface area contributed by atoms with E-state index in [1.165, 1.54) is 0 Å². The zero-order valence-corrected chi connectivity index (χ0v) is 14.4. The lowest BCUT2D eigenvalue weighted by molar-refractivity contribution is 0.415. The van der Waals surface area contributed by atoms with Crippen LogP contribution in [0.3, 0.4) is 0 Å². The summed E-state index contributed by atoms with van der Waals surface area (Å²) >= 11 is 0. The van der Waals surface area contributed by atoms with Crippen molar-refractivity contribution in [1.82, 2.24) is 19.3 Å². The monoisotopic (exact) mass is 333 g/mol. The van der Waals surface area contributed by atoms with Crippen molar-refractivity contribution in [2.24, 2.45) is 14.1 Å². The lowest BCUT2D eigenvalue weighted by atomic mass is 10.2. The minimum absolute atomic E-state index is 0.802. The number of ether oxygens (including phenoxy) is 1. The predicted molar refractivity (Wildman–Crippen MR) is 99.2 cm³/mol. The van der Waals surface area contributed by atoms with Crippen molar-refractivity contribution in [3.05, 3.63) is 55.0 Å². The fraction of sp³-hybridized carbons (Fsp3) is 0.158. The first-order valence-electron chi connectivity index (χ1n) is 7.99. The molecule has 1 aromatic carbocycles. The summed E-state index contributed by atoms with van der Waals surface area (Å²) in [5.41, 5.74) is 4.29. The maximum absolute atomic E-state index is 5.19. The molecule has 0 aliphatic carbocycles. The molecule has 126 valence electrons. The molecule has 0 saturated carbocycles. The molecule has 0 atom stereocenters. The zero-order valence-electron chi connectivity index (χ0n) is 14.4.